The zero-order valence-corrected chi connectivity index (χ0v) is 13.6. The number of fused-ring (bicyclic) bond motifs is 5. The lowest BCUT2D eigenvalue weighted by Gasteiger charge is -2.58. The summed E-state index contributed by atoms with van der Waals surface area (Å²) in [5.41, 5.74) is 0.155. The van der Waals surface area contributed by atoms with E-state index in [4.69, 9.17) is 14.2 Å². The van der Waals surface area contributed by atoms with Crippen molar-refractivity contribution < 1.29 is 24.1 Å². The summed E-state index contributed by atoms with van der Waals surface area (Å²) in [7, 11) is 0. The largest absolute Gasteiger partial charge is 0.456 e. The van der Waals surface area contributed by atoms with Crippen LogP contribution < -0.4 is 0 Å². The van der Waals surface area contributed by atoms with E-state index < -0.39 is 22.9 Å². The minimum atomic E-state index is -1.46. The number of allylic oxidation sites excluding steroid dienone is 1. The van der Waals surface area contributed by atoms with Crippen LogP contribution >= 0.6 is 0 Å². The number of esters is 1. The van der Waals surface area contributed by atoms with E-state index >= 15 is 0 Å². The molecule has 22 heavy (non-hydrogen) atoms. The average Bonchev–Trinajstić information content (AvgIpc) is 3.16. The van der Waals surface area contributed by atoms with Crippen LogP contribution in [0.15, 0.2) is 11.6 Å². The van der Waals surface area contributed by atoms with Crippen molar-refractivity contribution in [3.63, 3.8) is 0 Å². The van der Waals surface area contributed by atoms with Gasteiger partial charge in [-0.2, -0.15) is 0 Å². The molecule has 1 saturated carbocycles. The number of carbonyl (C=O) groups excluding carboxylic acids is 1. The predicted octanol–water partition coefficient (Wildman–Crippen LogP) is 1.93. The van der Waals surface area contributed by atoms with Crippen molar-refractivity contribution in [1.29, 1.82) is 0 Å². The first-order chi connectivity index (χ1) is 10.2. The van der Waals surface area contributed by atoms with E-state index in [2.05, 4.69) is 26.8 Å². The molecule has 2 bridgehead atoms. The van der Waals surface area contributed by atoms with Crippen molar-refractivity contribution >= 4 is 5.97 Å². The zero-order chi connectivity index (χ0) is 16.0. The highest BCUT2D eigenvalue weighted by Crippen LogP contribution is 2.73. The quantitative estimate of drug-likeness (QED) is 0.455. The number of hydrogen-bond donors (Lipinski definition) is 1. The van der Waals surface area contributed by atoms with Gasteiger partial charge >= 0.3 is 5.97 Å². The molecular formula is C17H24O5. The molecular weight excluding hydrogens is 284 g/mol. The highest BCUT2D eigenvalue weighted by atomic mass is 16.7. The minimum Gasteiger partial charge on any atom is -0.456 e. The van der Waals surface area contributed by atoms with Crippen molar-refractivity contribution in [2.45, 2.75) is 70.6 Å². The fourth-order valence-corrected chi connectivity index (χ4v) is 5.23. The Balaban J connectivity index is 1.88. The van der Waals surface area contributed by atoms with Crippen molar-refractivity contribution in [1.82, 2.24) is 0 Å². The van der Waals surface area contributed by atoms with E-state index in [0.717, 1.165) is 12.8 Å². The zero-order valence-electron chi connectivity index (χ0n) is 13.6. The second-order valence-electron chi connectivity index (χ2n) is 7.97. The third kappa shape index (κ3) is 1.47. The van der Waals surface area contributed by atoms with E-state index in [9.17, 15) is 9.90 Å². The summed E-state index contributed by atoms with van der Waals surface area (Å²) in [4.78, 5) is 11.6. The maximum absolute atomic E-state index is 11.6. The van der Waals surface area contributed by atoms with Crippen LogP contribution in [0.4, 0.5) is 0 Å². The van der Waals surface area contributed by atoms with Gasteiger partial charge in [0.25, 0.3) is 0 Å². The number of carbonyl (C=O) groups is 1. The molecule has 4 aliphatic rings. The first-order valence-electron chi connectivity index (χ1n) is 8.06. The Morgan fingerprint density at radius 2 is 2.14 bits per heavy atom. The van der Waals surface area contributed by atoms with Gasteiger partial charge in [0, 0.05) is 24.2 Å². The Morgan fingerprint density at radius 3 is 2.73 bits per heavy atom. The van der Waals surface area contributed by atoms with Crippen LogP contribution in [0.2, 0.25) is 0 Å². The van der Waals surface area contributed by atoms with E-state index in [1.165, 1.54) is 12.5 Å². The molecule has 0 aromatic carbocycles. The van der Waals surface area contributed by atoms with Gasteiger partial charge in [-0.3, -0.25) is 4.79 Å². The van der Waals surface area contributed by atoms with Gasteiger partial charge < -0.3 is 19.3 Å². The molecule has 122 valence electrons. The third-order valence-corrected chi connectivity index (χ3v) is 6.82. The molecule has 2 saturated heterocycles. The van der Waals surface area contributed by atoms with Gasteiger partial charge in [0.2, 0.25) is 5.79 Å². The summed E-state index contributed by atoms with van der Waals surface area (Å²) in [6, 6.07) is 0. The second-order valence-corrected chi connectivity index (χ2v) is 7.97. The number of aliphatic hydroxyl groups is 1. The molecule has 0 aromatic rings. The molecule has 1 spiro atoms. The highest BCUT2D eigenvalue weighted by Gasteiger charge is 2.84. The smallest absolute Gasteiger partial charge is 0.303 e. The molecule has 0 amide bonds. The minimum absolute atomic E-state index is 0.174. The van der Waals surface area contributed by atoms with Gasteiger partial charge in [-0.1, -0.05) is 25.5 Å². The van der Waals surface area contributed by atoms with Crippen LogP contribution in [-0.2, 0) is 19.0 Å². The first-order valence-corrected chi connectivity index (χ1v) is 8.06. The van der Waals surface area contributed by atoms with Crippen LogP contribution in [0.25, 0.3) is 0 Å². The van der Waals surface area contributed by atoms with Crippen molar-refractivity contribution in [3.8, 4) is 0 Å². The number of ether oxygens (including phenoxy) is 3. The Labute approximate surface area is 130 Å². The number of rotatable bonds is 1. The number of hydrogen-bond acceptors (Lipinski definition) is 5. The maximum atomic E-state index is 11.6. The molecule has 6 atom stereocenters. The van der Waals surface area contributed by atoms with Gasteiger partial charge in [-0.15, -0.1) is 0 Å². The summed E-state index contributed by atoms with van der Waals surface area (Å²) in [6.45, 7) is 8.36. The van der Waals surface area contributed by atoms with Crippen LogP contribution in [0, 0.1) is 10.8 Å². The van der Waals surface area contributed by atoms with E-state index in [1.807, 2.05) is 0 Å². The molecule has 4 rings (SSSR count). The van der Waals surface area contributed by atoms with E-state index in [-0.39, 0.29) is 17.5 Å². The molecule has 1 N–H and O–H groups in total. The van der Waals surface area contributed by atoms with Gasteiger partial charge in [0.05, 0.1) is 12.7 Å². The third-order valence-electron chi connectivity index (χ3n) is 6.82. The lowest BCUT2D eigenvalue weighted by Crippen LogP contribution is -2.66. The molecule has 2 aliphatic heterocycles. The summed E-state index contributed by atoms with van der Waals surface area (Å²) in [5, 5.41) is 11.1. The summed E-state index contributed by atoms with van der Waals surface area (Å²) >= 11 is 0. The summed E-state index contributed by atoms with van der Waals surface area (Å²) < 4.78 is 17.5. The maximum Gasteiger partial charge on any atom is 0.303 e. The van der Waals surface area contributed by atoms with Crippen LogP contribution in [0.5, 0.6) is 0 Å². The fourth-order valence-electron chi connectivity index (χ4n) is 5.23. The SMILES string of the molecule is CC(=O)OC1[C@]2(C)[C@]3(CO3)C[C@]1(O)O[C@H]1C=C(C)CC[C@@]12C. The summed E-state index contributed by atoms with van der Waals surface area (Å²) in [5.74, 6) is -1.85. The topological polar surface area (TPSA) is 68.3 Å². The van der Waals surface area contributed by atoms with Crippen molar-refractivity contribution in [2.75, 3.05) is 6.61 Å². The Bertz CT molecular complexity index is 580. The van der Waals surface area contributed by atoms with E-state index in [1.54, 1.807) is 0 Å². The lowest BCUT2D eigenvalue weighted by molar-refractivity contribution is -0.335. The van der Waals surface area contributed by atoms with Crippen LogP contribution in [0.3, 0.4) is 0 Å². The highest BCUT2D eigenvalue weighted by molar-refractivity contribution is 5.66. The Hall–Kier alpha value is -0.910. The Morgan fingerprint density at radius 1 is 1.45 bits per heavy atom. The molecule has 3 fully saturated rings. The van der Waals surface area contributed by atoms with Gasteiger partial charge in [0.1, 0.15) is 5.60 Å². The standard InChI is InChI=1S/C17H24O5/c1-10-5-6-14(3)12(7-10)22-17(19)8-16(9-20-16)15(14,4)13(17)21-11(2)18/h7,12-13,19H,5-6,8-9H2,1-4H3/t12-,13?,14-,15-,16+,17-/m0/s1. The van der Waals surface area contributed by atoms with Crippen molar-refractivity contribution in [3.05, 3.63) is 11.6 Å². The first kappa shape index (κ1) is 14.7. The fraction of sp³-hybridized carbons (Fsp3) is 0.824. The van der Waals surface area contributed by atoms with Crippen LogP contribution in [0.1, 0.15) is 47.0 Å². The van der Waals surface area contributed by atoms with Gasteiger partial charge in [-0.05, 0) is 19.8 Å². The normalized spacial score (nSPS) is 55.6. The molecule has 5 heteroatoms. The average molecular weight is 308 g/mol. The molecule has 2 heterocycles. The molecule has 1 unspecified atom stereocenters. The molecule has 5 nitrogen and oxygen atoms in total. The van der Waals surface area contributed by atoms with E-state index in [0.29, 0.717) is 13.0 Å². The molecule has 0 aromatic heterocycles. The summed E-state index contributed by atoms with van der Waals surface area (Å²) in [6.07, 6.45) is 3.56. The Kier molecular flexibility index (Phi) is 2.63. The predicted molar refractivity (Wildman–Crippen MR) is 77.9 cm³/mol. The van der Waals surface area contributed by atoms with Gasteiger partial charge in [0.15, 0.2) is 6.10 Å². The lowest BCUT2D eigenvalue weighted by atomic mass is 9.52. The van der Waals surface area contributed by atoms with Gasteiger partial charge in [-0.25, -0.2) is 0 Å². The monoisotopic (exact) mass is 308 g/mol. The van der Waals surface area contributed by atoms with Crippen molar-refractivity contribution in [2.24, 2.45) is 10.8 Å². The second kappa shape index (κ2) is 3.94. The molecule has 0 radical (unpaired) electrons. The molecule has 2 aliphatic carbocycles. The van der Waals surface area contributed by atoms with Crippen LogP contribution in [-0.4, -0.2) is 41.3 Å². The number of epoxide rings is 1.